The first kappa shape index (κ1) is 15.5. The average molecular weight is 296 g/mol. The number of nitrogens with one attached hydrogen (secondary N) is 2. The van der Waals surface area contributed by atoms with Gasteiger partial charge in [-0.25, -0.2) is 22.3 Å². The molecule has 0 aliphatic carbocycles. The minimum absolute atomic E-state index is 0.157. The van der Waals surface area contributed by atoms with Crippen molar-refractivity contribution in [1.29, 1.82) is 0 Å². The smallest absolute Gasteiger partial charge is 0.273 e. The predicted octanol–water partition coefficient (Wildman–Crippen LogP) is 0.175. The van der Waals surface area contributed by atoms with Crippen LogP contribution in [0.15, 0.2) is 4.90 Å². The number of hydrogen-bond donors (Lipinski definition) is 3. The number of nitrogens with zero attached hydrogens (tertiary/aromatic N) is 1. The van der Waals surface area contributed by atoms with Crippen molar-refractivity contribution in [2.24, 2.45) is 5.14 Å². The molecule has 0 atom stereocenters. The second-order valence-corrected chi connectivity index (χ2v) is 5.61. The van der Waals surface area contributed by atoms with Gasteiger partial charge in [0.15, 0.2) is 5.69 Å². The Morgan fingerprint density at radius 2 is 2.05 bits per heavy atom. The Balaban J connectivity index is 3.19. The van der Waals surface area contributed by atoms with Crippen LogP contribution in [0, 0.1) is 0 Å². The highest BCUT2D eigenvalue weighted by molar-refractivity contribution is 7.89. The van der Waals surface area contributed by atoms with Gasteiger partial charge in [0.05, 0.1) is 12.2 Å². The molecule has 0 spiro atoms. The molecule has 0 unspecified atom stereocenters. The first-order valence-corrected chi connectivity index (χ1v) is 6.86. The molecule has 0 aliphatic rings. The second-order valence-electron chi connectivity index (χ2n) is 4.12. The number of nitrogens with two attached hydrogens (primary N) is 1. The quantitative estimate of drug-likeness (QED) is 0.718. The molecule has 1 aromatic rings. The van der Waals surface area contributed by atoms with E-state index in [9.17, 15) is 22.0 Å². The lowest BCUT2D eigenvalue weighted by Gasteiger charge is -2.06. The monoisotopic (exact) mass is 296 g/mol. The van der Waals surface area contributed by atoms with Gasteiger partial charge in [0.1, 0.15) is 4.90 Å². The van der Waals surface area contributed by atoms with Crippen molar-refractivity contribution in [3.8, 4) is 0 Å². The van der Waals surface area contributed by atoms with Crippen LogP contribution >= 0.6 is 0 Å². The molecular formula is C9H14F2N4O3S. The Labute approximate surface area is 108 Å². The third-order valence-corrected chi connectivity index (χ3v) is 3.22. The molecule has 10 heteroatoms. The van der Waals surface area contributed by atoms with E-state index >= 15 is 0 Å². The fraction of sp³-hybridized carbons (Fsp3) is 0.556. The number of carbonyl (C=O) groups is 1. The number of hydrogen-bond acceptors (Lipinski definition) is 4. The number of carbonyl (C=O) groups excluding carboxylic acids is 1. The van der Waals surface area contributed by atoms with Gasteiger partial charge >= 0.3 is 0 Å². The molecule has 0 bridgehead atoms. The van der Waals surface area contributed by atoms with Crippen LogP contribution in [0.2, 0.25) is 0 Å². The molecule has 1 rings (SSSR count). The van der Waals surface area contributed by atoms with E-state index in [4.69, 9.17) is 5.14 Å². The minimum Gasteiger partial charge on any atom is -0.345 e. The summed E-state index contributed by atoms with van der Waals surface area (Å²) in [6.07, 6.45) is -2.75. The number of alkyl halides is 2. The number of aromatic amines is 1. The Hall–Kier alpha value is -1.55. The lowest BCUT2D eigenvalue weighted by Crippen LogP contribution is -2.30. The van der Waals surface area contributed by atoms with Gasteiger partial charge in [-0.3, -0.25) is 9.89 Å². The van der Waals surface area contributed by atoms with Gasteiger partial charge in [-0.05, 0) is 5.92 Å². The summed E-state index contributed by atoms with van der Waals surface area (Å²) in [7, 11) is -4.19. The Morgan fingerprint density at radius 1 is 1.47 bits per heavy atom. The zero-order chi connectivity index (χ0) is 14.8. The third-order valence-electron chi connectivity index (χ3n) is 2.24. The minimum atomic E-state index is -4.19. The summed E-state index contributed by atoms with van der Waals surface area (Å²) in [5, 5.41) is 12.8. The van der Waals surface area contributed by atoms with Crippen molar-refractivity contribution in [2.75, 3.05) is 6.54 Å². The van der Waals surface area contributed by atoms with Crippen LogP contribution in [-0.2, 0) is 10.0 Å². The molecule has 1 amide bonds. The molecule has 0 fully saturated rings. The number of H-pyrrole nitrogens is 1. The summed E-state index contributed by atoms with van der Waals surface area (Å²) in [4.78, 5) is 11.1. The Bertz CT molecular complexity index is 568. The molecule has 1 heterocycles. The lowest BCUT2D eigenvalue weighted by molar-refractivity contribution is 0.0883. The van der Waals surface area contributed by atoms with Crippen LogP contribution in [0.4, 0.5) is 8.78 Å². The first-order chi connectivity index (χ1) is 8.64. The van der Waals surface area contributed by atoms with Gasteiger partial charge in [-0.15, -0.1) is 0 Å². The maximum absolute atomic E-state index is 12.0. The van der Waals surface area contributed by atoms with Crippen LogP contribution < -0.4 is 10.5 Å². The number of amides is 1. The van der Waals surface area contributed by atoms with Crippen LogP contribution in [-0.4, -0.2) is 37.5 Å². The summed E-state index contributed by atoms with van der Waals surface area (Å²) < 4.78 is 46.9. The second kappa shape index (κ2) is 5.61. The highest BCUT2D eigenvalue weighted by Gasteiger charge is 2.28. The van der Waals surface area contributed by atoms with Crippen molar-refractivity contribution in [2.45, 2.75) is 31.1 Å². The molecule has 0 radical (unpaired) electrons. The van der Waals surface area contributed by atoms with E-state index in [0.717, 1.165) is 0 Å². The lowest BCUT2D eigenvalue weighted by atomic mass is 10.1. The van der Waals surface area contributed by atoms with Crippen LogP contribution in [0.1, 0.15) is 35.9 Å². The fourth-order valence-electron chi connectivity index (χ4n) is 1.43. The molecule has 0 saturated heterocycles. The van der Waals surface area contributed by atoms with E-state index in [-0.39, 0.29) is 11.6 Å². The van der Waals surface area contributed by atoms with Crippen LogP contribution in [0.3, 0.4) is 0 Å². The largest absolute Gasteiger partial charge is 0.345 e. The molecule has 0 aromatic carbocycles. The van der Waals surface area contributed by atoms with Gasteiger partial charge in [0, 0.05) is 0 Å². The zero-order valence-corrected chi connectivity index (χ0v) is 11.1. The van der Waals surface area contributed by atoms with Gasteiger partial charge < -0.3 is 5.32 Å². The SMILES string of the molecule is CC(C)c1[nH]nc(C(=O)NCC(F)F)c1S(N)(=O)=O. The Kier molecular flexibility index (Phi) is 4.58. The molecule has 4 N–H and O–H groups in total. The van der Waals surface area contributed by atoms with Crippen molar-refractivity contribution >= 4 is 15.9 Å². The molecule has 7 nitrogen and oxygen atoms in total. The highest BCUT2D eigenvalue weighted by atomic mass is 32.2. The Morgan fingerprint density at radius 3 is 2.47 bits per heavy atom. The van der Waals surface area contributed by atoms with Crippen LogP contribution in [0.5, 0.6) is 0 Å². The van der Waals surface area contributed by atoms with E-state index in [1.54, 1.807) is 13.8 Å². The van der Waals surface area contributed by atoms with Crippen molar-refractivity contribution < 1.29 is 22.0 Å². The van der Waals surface area contributed by atoms with E-state index < -0.39 is 39.5 Å². The van der Waals surface area contributed by atoms with Gasteiger partial charge in [0.25, 0.3) is 12.3 Å². The van der Waals surface area contributed by atoms with E-state index in [2.05, 4.69) is 10.2 Å². The molecule has 108 valence electrons. The van der Waals surface area contributed by atoms with E-state index in [0.29, 0.717) is 0 Å². The summed E-state index contributed by atoms with van der Waals surface area (Å²) in [5.41, 5.74) is -0.350. The maximum Gasteiger partial charge on any atom is 0.273 e. The first-order valence-electron chi connectivity index (χ1n) is 5.32. The molecule has 1 aromatic heterocycles. The zero-order valence-electron chi connectivity index (χ0n) is 10.3. The molecular weight excluding hydrogens is 282 g/mol. The summed E-state index contributed by atoms with van der Waals surface area (Å²) in [6.45, 7) is 2.44. The van der Waals surface area contributed by atoms with Crippen molar-refractivity contribution in [3.05, 3.63) is 11.4 Å². The molecule has 0 saturated carbocycles. The van der Waals surface area contributed by atoms with Crippen molar-refractivity contribution in [1.82, 2.24) is 15.5 Å². The number of halogens is 2. The summed E-state index contributed by atoms with van der Waals surface area (Å²) in [6, 6.07) is 0. The normalized spacial score (nSPS) is 12.2. The topological polar surface area (TPSA) is 118 Å². The third kappa shape index (κ3) is 3.70. The molecule has 0 aliphatic heterocycles. The van der Waals surface area contributed by atoms with E-state index in [1.165, 1.54) is 0 Å². The highest BCUT2D eigenvalue weighted by Crippen LogP contribution is 2.23. The summed E-state index contributed by atoms with van der Waals surface area (Å²) >= 11 is 0. The number of primary sulfonamides is 1. The average Bonchev–Trinajstić information content (AvgIpc) is 2.69. The van der Waals surface area contributed by atoms with Gasteiger partial charge in [0.2, 0.25) is 10.0 Å². The van der Waals surface area contributed by atoms with Crippen molar-refractivity contribution in [3.63, 3.8) is 0 Å². The number of aromatic nitrogens is 2. The van der Waals surface area contributed by atoms with Gasteiger partial charge in [-0.1, -0.05) is 13.8 Å². The fourth-order valence-corrected chi connectivity index (χ4v) is 2.43. The van der Waals surface area contributed by atoms with Crippen LogP contribution in [0.25, 0.3) is 0 Å². The number of rotatable bonds is 5. The standard InChI is InChI=1S/C9H14F2N4O3S/c1-4(2)6-8(19(12,17)18)7(15-14-6)9(16)13-3-5(10)11/h4-5H,3H2,1-2H3,(H,13,16)(H,14,15)(H2,12,17,18). The van der Waals surface area contributed by atoms with E-state index in [1.807, 2.05) is 5.32 Å². The van der Waals surface area contributed by atoms with Gasteiger partial charge in [-0.2, -0.15) is 5.10 Å². The maximum atomic E-state index is 12.0. The molecule has 19 heavy (non-hydrogen) atoms. The predicted molar refractivity (Wildman–Crippen MR) is 62.4 cm³/mol. The number of sulfonamides is 1. The summed E-state index contributed by atoms with van der Waals surface area (Å²) in [5.74, 6) is -1.30.